The van der Waals surface area contributed by atoms with Crippen molar-refractivity contribution in [2.45, 2.75) is 25.9 Å². The summed E-state index contributed by atoms with van der Waals surface area (Å²) in [5.41, 5.74) is 4.96. The first kappa shape index (κ1) is 22.5. The van der Waals surface area contributed by atoms with E-state index in [1.54, 1.807) is 13.2 Å². The van der Waals surface area contributed by atoms with Gasteiger partial charge in [0.25, 0.3) is 0 Å². The predicted molar refractivity (Wildman–Crippen MR) is 132 cm³/mol. The van der Waals surface area contributed by atoms with Crippen molar-refractivity contribution in [2.75, 3.05) is 40.4 Å². The quantitative estimate of drug-likeness (QED) is 0.388. The summed E-state index contributed by atoms with van der Waals surface area (Å²) in [6.07, 6.45) is 0.843. The van der Waals surface area contributed by atoms with Gasteiger partial charge >= 0.3 is 0 Å². The molecule has 1 aliphatic heterocycles. The highest BCUT2D eigenvalue weighted by Crippen LogP contribution is 2.32. The molecule has 0 radical (unpaired) electrons. The fraction of sp³-hybridized carbons (Fsp3) is 0.400. The minimum atomic E-state index is 0.289. The molecule has 3 heterocycles. The van der Waals surface area contributed by atoms with E-state index >= 15 is 0 Å². The van der Waals surface area contributed by atoms with Gasteiger partial charge in [-0.15, -0.1) is 0 Å². The van der Waals surface area contributed by atoms with Crippen molar-refractivity contribution >= 4 is 10.9 Å². The van der Waals surface area contributed by atoms with Crippen molar-refractivity contribution in [3.05, 3.63) is 47.8 Å². The highest BCUT2D eigenvalue weighted by molar-refractivity contribution is 5.94. The third kappa shape index (κ3) is 4.42. The molecule has 0 amide bonds. The van der Waals surface area contributed by atoms with Crippen LogP contribution in [0.5, 0.6) is 5.75 Å². The Kier molecular flexibility index (Phi) is 6.32. The molecule has 0 bridgehead atoms. The fourth-order valence-electron chi connectivity index (χ4n) is 4.72. The molecule has 1 saturated heterocycles. The highest BCUT2D eigenvalue weighted by Gasteiger charge is 2.25. The molecule has 5 rings (SSSR count). The summed E-state index contributed by atoms with van der Waals surface area (Å²) < 4.78 is 5.37. The van der Waals surface area contributed by atoms with Crippen molar-refractivity contribution in [3.8, 4) is 28.4 Å². The van der Waals surface area contributed by atoms with Crippen LogP contribution in [0.3, 0.4) is 0 Å². The summed E-state index contributed by atoms with van der Waals surface area (Å²) in [7, 11) is 3.90. The normalized spacial score (nSPS) is 17.6. The molecule has 2 aromatic carbocycles. The molecular weight excluding hydrogens is 430 g/mol. The largest absolute Gasteiger partial charge is 0.508 e. The fourth-order valence-corrected chi connectivity index (χ4v) is 4.72. The van der Waals surface area contributed by atoms with Gasteiger partial charge in [0.2, 0.25) is 5.82 Å². The number of aryl methyl sites for hydroxylation is 1. The van der Waals surface area contributed by atoms with E-state index in [1.165, 1.54) is 0 Å². The van der Waals surface area contributed by atoms with E-state index in [2.05, 4.69) is 62.4 Å². The number of fused-ring (bicyclic) bond motifs is 1. The van der Waals surface area contributed by atoms with E-state index in [1.807, 2.05) is 12.1 Å². The average molecular weight is 462 g/mol. The summed E-state index contributed by atoms with van der Waals surface area (Å²) in [5, 5.41) is 26.0. The van der Waals surface area contributed by atoms with Crippen LogP contribution in [0.1, 0.15) is 18.3 Å². The smallest absolute Gasteiger partial charge is 0.202 e. The number of aromatic amines is 2. The lowest BCUT2D eigenvalue weighted by atomic mass is 9.97. The Morgan fingerprint density at radius 3 is 2.82 bits per heavy atom. The Bertz CT molecular complexity index is 1280. The molecule has 9 nitrogen and oxygen atoms in total. The average Bonchev–Trinajstić information content (AvgIpc) is 3.47. The Morgan fingerprint density at radius 2 is 2.00 bits per heavy atom. The van der Waals surface area contributed by atoms with Gasteiger partial charge in [-0.25, -0.2) is 4.98 Å². The van der Waals surface area contributed by atoms with Crippen LogP contribution in [0.4, 0.5) is 0 Å². The number of aromatic hydroxyl groups is 1. The summed E-state index contributed by atoms with van der Waals surface area (Å²) in [6, 6.07) is 12.1. The van der Waals surface area contributed by atoms with Gasteiger partial charge in [0.15, 0.2) is 0 Å². The number of nitrogens with one attached hydrogen (secondary N) is 2. The molecule has 1 atom stereocenters. The summed E-state index contributed by atoms with van der Waals surface area (Å²) in [5.74, 6) is 1.72. The number of H-pyrrole nitrogens is 2. The van der Waals surface area contributed by atoms with Gasteiger partial charge in [-0.05, 0) is 54.4 Å². The minimum Gasteiger partial charge on any atom is -0.508 e. The second-order valence-corrected chi connectivity index (χ2v) is 8.96. The van der Waals surface area contributed by atoms with Gasteiger partial charge in [0.1, 0.15) is 17.3 Å². The summed E-state index contributed by atoms with van der Waals surface area (Å²) in [4.78, 5) is 9.47. The lowest BCUT2D eigenvalue weighted by Gasteiger charge is -2.38. The number of ether oxygens (including phenoxy) is 1. The summed E-state index contributed by atoms with van der Waals surface area (Å²) >= 11 is 0. The zero-order chi connectivity index (χ0) is 23.7. The minimum absolute atomic E-state index is 0.289. The first-order chi connectivity index (χ1) is 16.6. The van der Waals surface area contributed by atoms with Gasteiger partial charge < -0.3 is 9.84 Å². The van der Waals surface area contributed by atoms with Crippen LogP contribution in [-0.4, -0.2) is 86.7 Å². The van der Waals surface area contributed by atoms with Gasteiger partial charge in [0, 0.05) is 38.2 Å². The molecule has 0 saturated carbocycles. The number of hydrogen-bond acceptors (Lipinski definition) is 7. The monoisotopic (exact) mass is 461 g/mol. The van der Waals surface area contributed by atoms with Crippen LogP contribution < -0.4 is 0 Å². The van der Waals surface area contributed by atoms with Crippen molar-refractivity contribution in [2.24, 2.45) is 0 Å². The molecule has 178 valence electrons. The van der Waals surface area contributed by atoms with Gasteiger partial charge in [-0.2, -0.15) is 10.2 Å². The molecule has 34 heavy (non-hydrogen) atoms. The lowest BCUT2D eigenvalue weighted by molar-refractivity contribution is 0.0365. The van der Waals surface area contributed by atoms with E-state index in [9.17, 15) is 5.11 Å². The van der Waals surface area contributed by atoms with Crippen molar-refractivity contribution in [3.63, 3.8) is 0 Å². The Morgan fingerprint density at radius 1 is 1.12 bits per heavy atom. The van der Waals surface area contributed by atoms with Crippen LogP contribution in [0, 0.1) is 0 Å². The number of methoxy groups -OCH3 is 1. The number of rotatable bonds is 7. The van der Waals surface area contributed by atoms with Crippen LogP contribution in [0.25, 0.3) is 33.5 Å². The maximum absolute atomic E-state index is 9.83. The number of hydrogen-bond donors (Lipinski definition) is 3. The van der Waals surface area contributed by atoms with Crippen molar-refractivity contribution < 1.29 is 9.84 Å². The number of aromatic nitrogens is 5. The molecule has 0 aliphatic carbocycles. The second kappa shape index (κ2) is 9.54. The molecular formula is C25H31N7O2. The van der Waals surface area contributed by atoms with Crippen LogP contribution in [0.2, 0.25) is 0 Å². The van der Waals surface area contributed by atoms with Gasteiger partial charge in [0.05, 0.1) is 18.7 Å². The third-order valence-corrected chi connectivity index (χ3v) is 6.68. The molecule has 9 heteroatoms. The number of phenolic OH excluding ortho intramolecular Hbond substituents is 1. The zero-order valence-corrected chi connectivity index (χ0v) is 19.9. The number of benzene rings is 2. The lowest BCUT2D eigenvalue weighted by Crippen LogP contribution is -2.52. The molecule has 4 aromatic rings. The predicted octanol–water partition coefficient (Wildman–Crippen LogP) is 3.05. The standard InChI is InChI=1S/C25H31N7O2/c1-4-16-11-19(33)6-8-20(16)17-5-7-21-22(12-17)27-29-24(21)25-26-23(28-30-25)14-32-10-9-31(2)18(13-32)15-34-3/h5-8,11-12,18,33H,4,9-10,13-15H2,1-3H3,(H,27,29)(H,26,28,30)/t18-/m0/s1. The molecule has 0 unspecified atom stereocenters. The van der Waals surface area contributed by atoms with Crippen LogP contribution in [0.15, 0.2) is 36.4 Å². The number of likely N-dealkylation sites (N-methyl/N-ethyl adjacent to an activating group) is 1. The first-order valence-electron chi connectivity index (χ1n) is 11.7. The first-order valence-corrected chi connectivity index (χ1v) is 11.7. The maximum atomic E-state index is 9.83. The number of piperazine rings is 1. The van der Waals surface area contributed by atoms with Crippen molar-refractivity contribution in [1.29, 1.82) is 0 Å². The topological polar surface area (TPSA) is 106 Å². The van der Waals surface area contributed by atoms with E-state index in [4.69, 9.17) is 9.72 Å². The van der Waals surface area contributed by atoms with Gasteiger partial charge in [-0.3, -0.25) is 20.0 Å². The number of nitrogens with zero attached hydrogens (tertiary/aromatic N) is 5. The van der Waals surface area contributed by atoms with E-state index in [0.29, 0.717) is 18.4 Å². The molecule has 0 spiro atoms. The van der Waals surface area contributed by atoms with E-state index in [-0.39, 0.29) is 5.75 Å². The Labute approximate surface area is 198 Å². The number of phenols is 1. The molecule has 1 aliphatic rings. The van der Waals surface area contributed by atoms with E-state index in [0.717, 1.165) is 71.8 Å². The Balaban J connectivity index is 1.36. The van der Waals surface area contributed by atoms with Crippen LogP contribution in [-0.2, 0) is 17.7 Å². The van der Waals surface area contributed by atoms with Crippen LogP contribution >= 0.6 is 0 Å². The third-order valence-electron chi connectivity index (χ3n) is 6.68. The Hall–Kier alpha value is -3.27. The maximum Gasteiger partial charge on any atom is 0.202 e. The van der Waals surface area contributed by atoms with Crippen molar-refractivity contribution in [1.82, 2.24) is 35.2 Å². The molecule has 3 N–H and O–H groups in total. The van der Waals surface area contributed by atoms with Gasteiger partial charge in [-0.1, -0.05) is 19.1 Å². The highest BCUT2D eigenvalue weighted by atomic mass is 16.5. The molecule has 2 aromatic heterocycles. The molecule has 1 fully saturated rings. The van der Waals surface area contributed by atoms with E-state index < -0.39 is 0 Å². The zero-order valence-electron chi connectivity index (χ0n) is 19.9. The summed E-state index contributed by atoms with van der Waals surface area (Å²) in [6.45, 7) is 6.45. The second-order valence-electron chi connectivity index (χ2n) is 8.96. The SMILES string of the molecule is CCc1cc(O)ccc1-c1ccc2c(-c3n[nH]c(CN4CCN(C)[C@H](COC)C4)n3)n[nH]c2c1.